The fraction of sp³-hybridized carbons (Fsp3) is 0.227. The number of hydrogen-bond acceptors (Lipinski definition) is 7. The Balaban J connectivity index is 1.56. The van der Waals surface area contributed by atoms with Gasteiger partial charge in [0.25, 0.3) is 5.56 Å². The van der Waals surface area contributed by atoms with E-state index in [-0.39, 0.29) is 11.0 Å². The molecular weight excluding hydrogens is 434 g/mol. The zero-order valence-electron chi connectivity index (χ0n) is 17.1. The Morgan fingerprint density at radius 3 is 2.87 bits per heavy atom. The molecule has 9 heteroatoms. The van der Waals surface area contributed by atoms with Crippen molar-refractivity contribution in [3.63, 3.8) is 0 Å². The van der Waals surface area contributed by atoms with E-state index in [1.54, 1.807) is 13.3 Å². The van der Waals surface area contributed by atoms with Crippen molar-refractivity contribution in [3.05, 3.63) is 68.2 Å². The molecule has 0 aliphatic heterocycles. The molecule has 0 saturated carbocycles. The number of nitrogens with zero attached hydrogens (tertiary/aromatic N) is 1. The first kappa shape index (κ1) is 21.2. The minimum Gasteiger partial charge on any atom is -0.497 e. The fourth-order valence-corrected chi connectivity index (χ4v) is 4.84. The third kappa shape index (κ3) is 4.67. The van der Waals surface area contributed by atoms with E-state index in [2.05, 4.69) is 15.0 Å². The fourth-order valence-electron chi connectivity index (χ4n) is 3.06. The van der Waals surface area contributed by atoms with Crippen molar-refractivity contribution in [3.8, 4) is 22.6 Å². The third-order valence-corrected chi connectivity index (χ3v) is 6.36. The van der Waals surface area contributed by atoms with Gasteiger partial charge in [0.1, 0.15) is 10.6 Å². The van der Waals surface area contributed by atoms with E-state index in [0.29, 0.717) is 33.5 Å². The second-order valence-electron chi connectivity index (χ2n) is 6.76. The summed E-state index contributed by atoms with van der Waals surface area (Å²) in [5, 5.41) is 3.00. The molecule has 0 saturated heterocycles. The molecule has 4 rings (SSSR count). The molecule has 0 amide bonds. The molecule has 0 atom stereocenters. The summed E-state index contributed by atoms with van der Waals surface area (Å²) >= 11 is 2.78. The number of rotatable bonds is 8. The van der Waals surface area contributed by atoms with Gasteiger partial charge in [-0.25, -0.2) is 4.98 Å². The first-order valence-corrected chi connectivity index (χ1v) is 11.6. The summed E-state index contributed by atoms with van der Waals surface area (Å²) in [5.74, 6) is 1.51. The molecule has 3 aromatic heterocycles. The van der Waals surface area contributed by atoms with Gasteiger partial charge < -0.3 is 19.4 Å². The first-order chi connectivity index (χ1) is 15.1. The Hall–Kier alpha value is -3.04. The number of H-pyrrole nitrogens is 2. The maximum atomic E-state index is 12.8. The van der Waals surface area contributed by atoms with Crippen molar-refractivity contribution in [1.29, 1.82) is 0 Å². The molecule has 31 heavy (non-hydrogen) atoms. The van der Waals surface area contributed by atoms with Crippen LogP contribution in [0.5, 0.6) is 11.5 Å². The molecule has 0 spiro atoms. The van der Waals surface area contributed by atoms with Crippen LogP contribution in [0.2, 0.25) is 0 Å². The summed E-state index contributed by atoms with van der Waals surface area (Å²) in [6.07, 6.45) is 2.41. The lowest BCUT2D eigenvalue weighted by molar-refractivity contribution is 0.313. The minimum atomic E-state index is -0.191. The van der Waals surface area contributed by atoms with Gasteiger partial charge in [0.05, 0.1) is 19.1 Å². The van der Waals surface area contributed by atoms with Gasteiger partial charge in [-0.15, -0.1) is 11.3 Å². The van der Waals surface area contributed by atoms with Gasteiger partial charge in [-0.2, -0.15) is 0 Å². The Bertz CT molecular complexity index is 1330. The molecule has 0 unspecified atom stereocenters. The molecule has 7 nitrogen and oxygen atoms in total. The van der Waals surface area contributed by atoms with E-state index in [9.17, 15) is 9.59 Å². The number of aromatic nitrogens is 3. The van der Waals surface area contributed by atoms with Gasteiger partial charge in [0.2, 0.25) is 5.43 Å². The van der Waals surface area contributed by atoms with Crippen molar-refractivity contribution < 1.29 is 9.47 Å². The SMILES string of the molecule is CCCOc1c[nH]c(CSc2nc3scc(-c4cccc(OC)c4)c3c(=O)[nH]2)cc1=O. The van der Waals surface area contributed by atoms with Crippen LogP contribution in [0, 0.1) is 0 Å². The number of aromatic amines is 2. The predicted octanol–water partition coefficient (Wildman–Crippen LogP) is 4.43. The van der Waals surface area contributed by atoms with E-state index in [0.717, 1.165) is 29.0 Å². The summed E-state index contributed by atoms with van der Waals surface area (Å²) in [5.41, 5.74) is 2.10. The van der Waals surface area contributed by atoms with Crippen LogP contribution in [-0.4, -0.2) is 28.7 Å². The summed E-state index contributed by atoms with van der Waals surface area (Å²) in [6.45, 7) is 2.48. The van der Waals surface area contributed by atoms with Crippen LogP contribution in [0.25, 0.3) is 21.3 Å². The lowest BCUT2D eigenvalue weighted by Gasteiger charge is -2.06. The van der Waals surface area contributed by atoms with Gasteiger partial charge >= 0.3 is 0 Å². The molecule has 160 valence electrons. The summed E-state index contributed by atoms with van der Waals surface area (Å²) < 4.78 is 10.7. The molecule has 0 fully saturated rings. The van der Waals surface area contributed by atoms with Crippen molar-refractivity contribution in [2.75, 3.05) is 13.7 Å². The van der Waals surface area contributed by atoms with Crippen molar-refractivity contribution in [2.24, 2.45) is 0 Å². The number of benzene rings is 1. The van der Waals surface area contributed by atoms with Crippen LogP contribution in [0.4, 0.5) is 0 Å². The van der Waals surface area contributed by atoms with Crippen LogP contribution in [0.3, 0.4) is 0 Å². The molecule has 1 aromatic carbocycles. The van der Waals surface area contributed by atoms with E-state index in [1.165, 1.54) is 29.2 Å². The van der Waals surface area contributed by atoms with Gasteiger partial charge in [0, 0.05) is 34.7 Å². The maximum absolute atomic E-state index is 12.8. The zero-order chi connectivity index (χ0) is 21.8. The van der Waals surface area contributed by atoms with Crippen LogP contribution >= 0.6 is 23.1 Å². The van der Waals surface area contributed by atoms with Crippen LogP contribution in [-0.2, 0) is 5.75 Å². The van der Waals surface area contributed by atoms with E-state index in [4.69, 9.17) is 9.47 Å². The van der Waals surface area contributed by atoms with Gasteiger partial charge in [-0.05, 0) is 24.1 Å². The number of fused-ring (bicyclic) bond motifs is 1. The molecule has 0 bridgehead atoms. The topological polar surface area (TPSA) is 97.1 Å². The largest absolute Gasteiger partial charge is 0.497 e. The average Bonchev–Trinajstić information content (AvgIpc) is 3.22. The molecular formula is C22H21N3O4S2. The molecule has 0 radical (unpaired) electrons. The smallest absolute Gasteiger partial charge is 0.260 e. The van der Waals surface area contributed by atoms with Crippen molar-refractivity contribution in [2.45, 2.75) is 24.3 Å². The van der Waals surface area contributed by atoms with E-state index < -0.39 is 0 Å². The molecule has 2 N–H and O–H groups in total. The Kier molecular flexibility index (Phi) is 6.43. The number of hydrogen-bond donors (Lipinski definition) is 2. The van der Waals surface area contributed by atoms with Crippen LogP contribution in [0.1, 0.15) is 19.0 Å². The number of thioether (sulfide) groups is 1. The number of pyridine rings is 1. The minimum absolute atomic E-state index is 0.166. The van der Waals surface area contributed by atoms with Gasteiger partial charge in [0.15, 0.2) is 10.9 Å². The molecule has 3 heterocycles. The highest BCUT2D eigenvalue weighted by molar-refractivity contribution is 7.98. The Morgan fingerprint density at radius 1 is 1.23 bits per heavy atom. The molecule has 0 aliphatic rings. The highest BCUT2D eigenvalue weighted by Gasteiger charge is 2.14. The van der Waals surface area contributed by atoms with Crippen LogP contribution in [0.15, 0.2) is 56.7 Å². The van der Waals surface area contributed by atoms with Crippen LogP contribution < -0.4 is 20.5 Å². The maximum Gasteiger partial charge on any atom is 0.260 e. The van der Waals surface area contributed by atoms with E-state index >= 15 is 0 Å². The highest BCUT2D eigenvalue weighted by atomic mass is 32.2. The van der Waals surface area contributed by atoms with Crippen molar-refractivity contribution >= 4 is 33.3 Å². The summed E-state index contributed by atoms with van der Waals surface area (Å²) in [6, 6.07) is 9.11. The highest BCUT2D eigenvalue weighted by Crippen LogP contribution is 2.33. The summed E-state index contributed by atoms with van der Waals surface area (Å²) in [7, 11) is 1.61. The van der Waals surface area contributed by atoms with E-state index in [1.807, 2.05) is 36.6 Å². The molecule has 4 aromatic rings. The third-order valence-electron chi connectivity index (χ3n) is 4.57. The summed E-state index contributed by atoms with van der Waals surface area (Å²) in [4.78, 5) is 36.1. The zero-order valence-corrected chi connectivity index (χ0v) is 18.7. The second-order valence-corrected chi connectivity index (χ2v) is 8.58. The standard InChI is InChI=1S/C22H21N3O4S2/c1-3-7-29-18-10-23-14(9-17(18)26)11-31-22-24-20(27)19-16(12-30-21(19)25-22)13-5-4-6-15(8-13)28-2/h4-6,8-10,12H,3,7,11H2,1-2H3,(H,23,26)(H,24,25,27). The quantitative estimate of drug-likeness (QED) is 0.301. The number of methoxy groups -OCH3 is 1. The molecule has 0 aliphatic carbocycles. The Labute approximate surface area is 186 Å². The predicted molar refractivity (Wildman–Crippen MR) is 125 cm³/mol. The normalized spacial score (nSPS) is 11.0. The number of nitrogens with one attached hydrogen (secondary N) is 2. The monoisotopic (exact) mass is 455 g/mol. The van der Waals surface area contributed by atoms with Crippen molar-refractivity contribution in [1.82, 2.24) is 15.0 Å². The second kappa shape index (κ2) is 9.40. The first-order valence-electron chi connectivity index (χ1n) is 9.72. The number of ether oxygens (including phenoxy) is 2. The lowest BCUT2D eigenvalue weighted by atomic mass is 10.1. The number of thiophene rings is 1. The van der Waals surface area contributed by atoms with Gasteiger partial charge in [-0.1, -0.05) is 30.8 Å². The lowest BCUT2D eigenvalue weighted by Crippen LogP contribution is -2.10. The average molecular weight is 456 g/mol. The van der Waals surface area contributed by atoms with Gasteiger partial charge in [-0.3, -0.25) is 9.59 Å². The Morgan fingerprint density at radius 2 is 2.10 bits per heavy atom.